The summed E-state index contributed by atoms with van der Waals surface area (Å²) in [6.45, 7) is 1.88. The molecule has 1 aromatic carbocycles. The van der Waals surface area contributed by atoms with Crippen molar-refractivity contribution in [3.05, 3.63) is 66.2 Å². The highest BCUT2D eigenvalue weighted by Crippen LogP contribution is 2.21. The van der Waals surface area contributed by atoms with Crippen LogP contribution in [0.15, 0.2) is 54.9 Å². The minimum Gasteiger partial charge on any atom is -0.493 e. The number of halogens is 1. The van der Waals surface area contributed by atoms with Crippen molar-refractivity contribution in [2.75, 3.05) is 19.7 Å². The van der Waals surface area contributed by atoms with E-state index in [9.17, 15) is 9.18 Å². The Balaban J connectivity index is 1.40. The molecule has 3 heterocycles. The molecule has 1 aliphatic heterocycles. The Kier molecular flexibility index (Phi) is 4.56. The molecule has 134 valence electrons. The third kappa shape index (κ3) is 3.54. The third-order valence-electron chi connectivity index (χ3n) is 4.73. The number of hydrogen-bond acceptors (Lipinski definition) is 3. The number of carbonyl (C=O) groups is 1. The highest BCUT2D eigenvalue weighted by Gasteiger charge is 2.25. The van der Waals surface area contributed by atoms with Gasteiger partial charge in [-0.15, -0.1) is 0 Å². The number of pyridine rings is 1. The number of likely N-dealkylation sites (tertiary alicyclic amines) is 1. The van der Waals surface area contributed by atoms with Gasteiger partial charge in [0.25, 0.3) is 5.91 Å². The maximum absolute atomic E-state index is 13.2. The lowest BCUT2D eigenvalue weighted by atomic mass is 9.98. The topological polar surface area (TPSA) is 46.8 Å². The highest BCUT2D eigenvalue weighted by atomic mass is 19.1. The SMILES string of the molecule is O=C(c1ccn2nccc2c1)N1CCCC(COc2cccc(F)c2)C1. The molecule has 5 nitrogen and oxygen atoms in total. The van der Waals surface area contributed by atoms with Gasteiger partial charge in [-0.05, 0) is 43.2 Å². The summed E-state index contributed by atoms with van der Waals surface area (Å²) in [7, 11) is 0. The monoisotopic (exact) mass is 353 g/mol. The summed E-state index contributed by atoms with van der Waals surface area (Å²) in [5.41, 5.74) is 1.57. The van der Waals surface area contributed by atoms with Gasteiger partial charge in [0.15, 0.2) is 0 Å². The Morgan fingerprint density at radius 3 is 3.08 bits per heavy atom. The molecule has 0 saturated carbocycles. The zero-order valence-electron chi connectivity index (χ0n) is 14.3. The van der Waals surface area contributed by atoms with Crippen LogP contribution in [0.2, 0.25) is 0 Å². The van der Waals surface area contributed by atoms with Crippen molar-refractivity contribution in [3.63, 3.8) is 0 Å². The van der Waals surface area contributed by atoms with E-state index in [2.05, 4.69) is 5.10 Å². The average Bonchev–Trinajstić information content (AvgIpc) is 3.14. The van der Waals surface area contributed by atoms with Gasteiger partial charge in [-0.3, -0.25) is 4.79 Å². The van der Waals surface area contributed by atoms with Gasteiger partial charge >= 0.3 is 0 Å². The second kappa shape index (κ2) is 7.15. The second-order valence-corrected chi connectivity index (χ2v) is 6.64. The molecule has 4 rings (SSSR count). The van der Waals surface area contributed by atoms with Gasteiger partial charge in [-0.2, -0.15) is 5.10 Å². The summed E-state index contributed by atoms with van der Waals surface area (Å²) in [4.78, 5) is 14.7. The molecule has 1 unspecified atom stereocenters. The van der Waals surface area contributed by atoms with E-state index in [1.807, 2.05) is 17.0 Å². The fraction of sp³-hybridized carbons (Fsp3) is 0.300. The predicted octanol–water partition coefficient (Wildman–Crippen LogP) is 3.40. The van der Waals surface area contributed by atoms with Gasteiger partial charge in [-0.1, -0.05) is 6.07 Å². The highest BCUT2D eigenvalue weighted by molar-refractivity contribution is 5.95. The van der Waals surface area contributed by atoms with Crippen LogP contribution in [0, 0.1) is 11.7 Å². The number of aromatic nitrogens is 2. The van der Waals surface area contributed by atoms with E-state index in [0.717, 1.165) is 24.9 Å². The Bertz CT molecular complexity index is 924. The van der Waals surface area contributed by atoms with Crippen LogP contribution in [0.3, 0.4) is 0 Å². The van der Waals surface area contributed by atoms with E-state index in [0.29, 0.717) is 24.5 Å². The van der Waals surface area contributed by atoms with Crippen LogP contribution in [-0.2, 0) is 0 Å². The van der Waals surface area contributed by atoms with E-state index in [-0.39, 0.29) is 17.6 Å². The summed E-state index contributed by atoms with van der Waals surface area (Å²) >= 11 is 0. The largest absolute Gasteiger partial charge is 0.493 e. The van der Waals surface area contributed by atoms with Gasteiger partial charge in [0, 0.05) is 43.0 Å². The van der Waals surface area contributed by atoms with E-state index >= 15 is 0 Å². The molecular formula is C20H20FN3O2. The first-order valence-corrected chi connectivity index (χ1v) is 8.80. The second-order valence-electron chi connectivity index (χ2n) is 6.64. The van der Waals surface area contributed by atoms with Crippen LogP contribution in [0.4, 0.5) is 4.39 Å². The number of piperidine rings is 1. The molecule has 0 radical (unpaired) electrons. The van der Waals surface area contributed by atoms with Crippen molar-refractivity contribution in [3.8, 4) is 5.75 Å². The number of amides is 1. The first-order chi connectivity index (χ1) is 12.7. The van der Waals surface area contributed by atoms with E-state index in [1.54, 1.807) is 35.1 Å². The molecule has 1 amide bonds. The lowest BCUT2D eigenvalue weighted by Crippen LogP contribution is -2.41. The summed E-state index contributed by atoms with van der Waals surface area (Å²) in [5, 5.41) is 4.15. The van der Waals surface area contributed by atoms with Crippen molar-refractivity contribution in [1.82, 2.24) is 14.5 Å². The van der Waals surface area contributed by atoms with Gasteiger partial charge in [-0.25, -0.2) is 8.91 Å². The van der Waals surface area contributed by atoms with Crippen molar-refractivity contribution in [1.29, 1.82) is 0 Å². The summed E-state index contributed by atoms with van der Waals surface area (Å²) in [6, 6.07) is 11.7. The molecule has 0 bridgehead atoms. The van der Waals surface area contributed by atoms with Crippen LogP contribution in [0.25, 0.3) is 5.52 Å². The molecule has 3 aromatic rings. The van der Waals surface area contributed by atoms with Gasteiger partial charge < -0.3 is 9.64 Å². The zero-order chi connectivity index (χ0) is 17.9. The molecule has 1 fully saturated rings. The molecule has 1 aliphatic rings. The molecule has 1 atom stereocenters. The molecule has 2 aromatic heterocycles. The number of carbonyl (C=O) groups excluding carboxylic acids is 1. The van der Waals surface area contributed by atoms with Crippen LogP contribution in [0.1, 0.15) is 23.2 Å². The molecule has 0 aliphatic carbocycles. The number of hydrogen-bond donors (Lipinski definition) is 0. The fourth-order valence-electron chi connectivity index (χ4n) is 3.39. The van der Waals surface area contributed by atoms with E-state index in [1.165, 1.54) is 12.1 Å². The summed E-state index contributed by atoms with van der Waals surface area (Å²) in [5.74, 6) is 0.497. The van der Waals surface area contributed by atoms with Crippen LogP contribution < -0.4 is 4.74 Å². The van der Waals surface area contributed by atoms with Gasteiger partial charge in [0.2, 0.25) is 0 Å². The minimum atomic E-state index is -0.307. The normalized spacial score (nSPS) is 17.4. The summed E-state index contributed by atoms with van der Waals surface area (Å²) < 4.78 is 20.7. The fourth-order valence-corrected chi connectivity index (χ4v) is 3.39. The van der Waals surface area contributed by atoms with E-state index < -0.39 is 0 Å². The first-order valence-electron chi connectivity index (χ1n) is 8.80. The molecule has 6 heteroatoms. The van der Waals surface area contributed by atoms with E-state index in [4.69, 9.17) is 4.74 Å². The first kappa shape index (κ1) is 16.6. The number of fused-ring (bicyclic) bond motifs is 1. The van der Waals surface area contributed by atoms with Gasteiger partial charge in [0.1, 0.15) is 11.6 Å². The molecule has 0 spiro atoms. The standard InChI is InChI=1S/C20H20FN3O2/c21-17-4-1-5-19(12-17)26-14-15-3-2-9-23(13-15)20(25)16-7-10-24-18(11-16)6-8-22-24/h1,4-8,10-12,15H,2-3,9,13-14H2. The van der Waals surface area contributed by atoms with Crippen LogP contribution in [-0.4, -0.2) is 40.1 Å². The molecule has 0 N–H and O–H groups in total. The predicted molar refractivity (Wildman–Crippen MR) is 95.7 cm³/mol. The molecule has 26 heavy (non-hydrogen) atoms. The Labute approximate surface area is 151 Å². The zero-order valence-corrected chi connectivity index (χ0v) is 14.3. The van der Waals surface area contributed by atoms with Crippen molar-refractivity contribution < 1.29 is 13.9 Å². The van der Waals surface area contributed by atoms with Crippen molar-refractivity contribution >= 4 is 11.4 Å². The quantitative estimate of drug-likeness (QED) is 0.722. The number of benzene rings is 1. The number of nitrogens with zero attached hydrogens (tertiary/aromatic N) is 3. The lowest BCUT2D eigenvalue weighted by molar-refractivity contribution is 0.0633. The molecular weight excluding hydrogens is 333 g/mol. The maximum atomic E-state index is 13.2. The lowest BCUT2D eigenvalue weighted by Gasteiger charge is -2.32. The Morgan fingerprint density at radius 2 is 2.19 bits per heavy atom. The van der Waals surface area contributed by atoms with Crippen LogP contribution in [0.5, 0.6) is 5.75 Å². The van der Waals surface area contributed by atoms with Crippen molar-refractivity contribution in [2.24, 2.45) is 5.92 Å². The minimum absolute atomic E-state index is 0.0316. The van der Waals surface area contributed by atoms with Crippen LogP contribution >= 0.6 is 0 Å². The maximum Gasteiger partial charge on any atom is 0.253 e. The summed E-state index contributed by atoms with van der Waals surface area (Å²) in [6.07, 6.45) is 5.46. The third-order valence-corrected chi connectivity index (χ3v) is 4.73. The number of ether oxygens (including phenoxy) is 1. The average molecular weight is 353 g/mol. The van der Waals surface area contributed by atoms with Crippen molar-refractivity contribution in [2.45, 2.75) is 12.8 Å². The Hall–Kier alpha value is -2.89. The smallest absolute Gasteiger partial charge is 0.253 e. The Morgan fingerprint density at radius 1 is 1.27 bits per heavy atom. The van der Waals surface area contributed by atoms with Gasteiger partial charge in [0.05, 0.1) is 12.1 Å². The number of rotatable bonds is 4. The molecule has 1 saturated heterocycles.